The van der Waals surface area contributed by atoms with Crippen molar-refractivity contribution in [3.8, 4) is 17.1 Å². The number of carbonyl (C=O) groups is 1. The van der Waals surface area contributed by atoms with E-state index in [0.29, 0.717) is 23.2 Å². The fraction of sp³-hybridized carbons (Fsp3) is 0.286. The summed E-state index contributed by atoms with van der Waals surface area (Å²) in [7, 11) is 3.35. The molecule has 0 spiro atoms. The fourth-order valence-electron chi connectivity index (χ4n) is 2.69. The van der Waals surface area contributed by atoms with Crippen molar-refractivity contribution in [3.63, 3.8) is 0 Å². The quantitative estimate of drug-likeness (QED) is 0.471. The van der Waals surface area contributed by atoms with Crippen LogP contribution in [0.4, 0.5) is 0 Å². The van der Waals surface area contributed by atoms with Crippen LogP contribution in [0.15, 0.2) is 57.9 Å². The number of carbonyl (C=O) groups excluding carboxylic acids is 1. The van der Waals surface area contributed by atoms with Crippen LogP contribution < -0.4 is 4.74 Å². The van der Waals surface area contributed by atoms with Crippen LogP contribution in [0, 0.1) is 0 Å². The van der Waals surface area contributed by atoms with Gasteiger partial charge in [-0.2, -0.15) is 4.98 Å². The Hall–Kier alpha value is -2.51. The van der Waals surface area contributed by atoms with Crippen LogP contribution in [-0.2, 0) is 11.3 Å². The maximum absolute atomic E-state index is 12.9. The first-order valence-electron chi connectivity index (χ1n) is 9.14. The third-order valence-corrected chi connectivity index (χ3v) is 5.92. The number of amides is 1. The highest BCUT2D eigenvalue weighted by Gasteiger charge is 2.23. The van der Waals surface area contributed by atoms with E-state index in [9.17, 15) is 4.79 Å². The van der Waals surface area contributed by atoms with Crippen LogP contribution in [0.2, 0.25) is 5.02 Å². The van der Waals surface area contributed by atoms with E-state index in [0.717, 1.165) is 16.2 Å². The minimum Gasteiger partial charge on any atom is -0.497 e. The van der Waals surface area contributed by atoms with Gasteiger partial charge in [-0.1, -0.05) is 23.7 Å². The van der Waals surface area contributed by atoms with Crippen molar-refractivity contribution in [2.24, 2.45) is 0 Å². The molecule has 29 heavy (non-hydrogen) atoms. The Kier molecular flexibility index (Phi) is 7.17. The molecule has 0 saturated heterocycles. The van der Waals surface area contributed by atoms with Gasteiger partial charge in [-0.25, -0.2) is 0 Å². The molecule has 152 valence electrons. The maximum atomic E-state index is 12.9. The van der Waals surface area contributed by atoms with Gasteiger partial charge in [-0.15, -0.1) is 11.8 Å². The molecule has 0 aliphatic carbocycles. The van der Waals surface area contributed by atoms with Gasteiger partial charge in [0.2, 0.25) is 17.6 Å². The van der Waals surface area contributed by atoms with Crippen molar-refractivity contribution in [1.29, 1.82) is 0 Å². The van der Waals surface area contributed by atoms with Crippen molar-refractivity contribution < 1.29 is 14.1 Å². The van der Waals surface area contributed by atoms with E-state index in [2.05, 4.69) is 10.1 Å². The molecule has 0 aliphatic heterocycles. The first-order valence-corrected chi connectivity index (χ1v) is 10.4. The number of nitrogens with zero attached hydrogens (tertiary/aromatic N) is 3. The molecular formula is C21H22ClN3O3S. The monoisotopic (exact) mass is 431 g/mol. The van der Waals surface area contributed by atoms with E-state index >= 15 is 0 Å². The van der Waals surface area contributed by atoms with Gasteiger partial charge in [0.05, 0.1) is 18.9 Å². The van der Waals surface area contributed by atoms with Crippen LogP contribution >= 0.6 is 23.4 Å². The molecule has 1 aromatic heterocycles. The minimum atomic E-state index is -0.204. The number of aromatic nitrogens is 2. The maximum Gasteiger partial charge on any atom is 0.246 e. The number of thioether (sulfide) groups is 1. The van der Waals surface area contributed by atoms with Gasteiger partial charge in [-0.05, 0) is 55.0 Å². The Labute approximate surface area is 179 Å². The normalized spacial score (nSPS) is 11.9. The average Bonchev–Trinajstić information content (AvgIpc) is 3.21. The van der Waals surface area contributed by atoms with Gasteiger partial charge in [0.1, 0.15) is 5.75 Å². The van der Waals surface area contributed by atoms with Gasteiger partial charge in [0.25, 0.3) is 0 Å². The van der Waals surface area contributed by atoms with Gasteiger partial charge in [0.15, 0.2) is 0 Å². The van der Waals surface area contributed by atoms with Gasteiger partial charge >= 0.3 is 0 Å². The molecule has 3 aromatic rings. The Morgan fingerprint density at radius 2 is 1.90 bits per heavy atom. The van der Waals surface area contributed by atoms with E-state index < -0.39 is 0 Å². The highest BCUT2D eigenvalue weighted by atomic mass is 35.5. The lowest BCUT2D eigenvalue weighted by Gasteiger charge is -2.21. The fourth-order valence-corrected chi connectivity index (χ4v) is 3.88. The summed E-state index contributed by atoms with van der Waals surface area (Å²) >= 11 is 7.45. The Balaban J connectivity index is 1.63. The summed E-state index contributed by atoms with van der Waals surface area (Å²) < 4.78 is 10.5. The second-order valence-corrected chi connectivity index (χ2v) is 8.12. The average molecular weight is 432 g/mol. The number of methoxy groups -OCH3 is 1. The molecule has 0 saturated carbocycles. The predicted octanol–water partition coefficient (Wildman–Crippen LogP) is 4.93. The molecular weight excluding hydrogens is 410 g/mol. The van der Waals surface area contributed by atoms with Crippen molar-refractivity contribution >= 4 is 29.3 Å². The number of ether oxygens (including phenoxy) is 1. The van der Waals surface area contributed by atoms with Gasteiger partial charge in [0, 0.05) is 22.5 Å². The number of hydrogen-bond acceptors (Lipinski definition) is 6. The van der Waals surface area contributed by atoms with Crippen LogP contribution in [0.25, 0.3) is 11.4 Å². The first kappa shape index (κ1) is 21.2. The summed E-state index contributed by atoms with van der Waals surface area (Å²) in [6.07, 6.45) is 0.706. The first-order chi connectivity index (χ1) is 14.0. The SMILES string of the molecule is CC[C@@H](Sc1ccc(Cl)cc1)C(=O)N(C)Cc1nc(-c2ccc(OC)cc2)no1. The molecule has 0 bridgehead atoms. The Bertz CT molecular complexity index is 945. The number of hydrogen-bond donors (Lipinski definition) is 0. The largest absolute Gasteiger partial charge is 0.497 e. The summed E-state index contributed by atoms with van der Waals surface area (Å²) in [5.74, 6) is 1.63. The second kappa shape index (κ2) is 9.80. The molecule has 3 rings (SSSR count). The molecule has 6 nitrogen and oxygen atoms in total. The molecule has 1 heterocycles. The number of halogens is 1. The molecule has 0 aliphatic rings. The van der Waals surface area contributed by atoms with E-state index in [1.807, 2.05) is 55.5 Å². The van der Waals surface area contributed by atoms with E-state index in [1.165, 1.54) is 11.8 Å². The lowest BCUT2D eigenvalue weighted by molar-refractivity contribution is -0.130. The summed E-state index contributed by atoms with van der Waals surface area (Å²) in [4.78, 5) is 19.9. The lowest BCUT2D eigenvalue weighted by atomic mass is 10.2. The molecule has 0 unspecified atom stereocenters. The van der Waals surface area contributed by atoms with Crippen molar-refractivity contribution in [3.05, 3.63) is 59.4 Å². The third kappa shape index (κ3) is 5.52. The molecule has 1 amide bonds. The van der Waals surface area contributed by atoms with E-state index in [-0.39, 0.29) is 17.7 Å². The zero-order valence-corrected chi connectivity index (χ0v) is 18.0. The standard InChI is InChI=1S/C21H22ClN3O3S/c1-4-18(29-17-11-7-15(22)8-12-17)21(26)25(2)13-19-23-20(24-28-19)14-5-9-16(27-3)10-6-14/h5-12,18H,4,13H2,1-3H3/t18-/m1/s1. The Morgan fingerprint density at radius 1 is 1.21 bits per heavy atom. The topological polar surface area (TPSA) is 68.5 Å². The highest BCUT2D eigenvalue weighted by Crippen LogP contribution is 2.28. The number of benzene rings is 2. The molecule has 0 N–H and O–H groups in total. The third-order valence-electron chi connectivity index (χ3n) is 4.30. The summed E-state index contributed by atoms with van der Waals surface area (Å²) in [6, 6.07) is 14.9. The van der Waals surface area contributed by atoms with Crippen LogP contribution in [0.3, 0.4) is 0 Å². The van der Waals surface area contributed by atoms with Crippen LogP contribution in [0.1, 0.15) is 19.2 Å². The van der Waals surface area contributed by atoms with Gasteiger partial charge in [-0.3, -0.25) is 4.79 Å². The lowest BCUT2D eigenvalue weighted by Crippen LogP contribution is -2.34. The molecule has 8 heteroatoms. The minimum absolute atomic E-state index is 0.0108. The van der Waals surface area contributed by atoms with E-state index in [4.69, 9.17) is 20.9 Å². The second-order valence-electron chi connectivity index (χ2n) is 6.40. The van der Waals surface area contributed by atoms with Crippen molar-refractivity contribution in [1.82, 2.24) is 15.0 Å². The molecule has 2 aromatic carbocycles. The molecule has 1 atom stereocenters. The van der Waals surface area contributed by atoms with Crippen molar-refractivity contribution in [2.45, 2.75) is 30.0 Å². The van der Waals surface area contributed by atoms with E-state index in [1.54, 1.807) is 19.1 Å². The summed E-state index contributed by atoms with van der Waals surface area (Å²) in [6.45, 7) is 2.24. The zero-order chi connectivity index (χ0) is 20.8. The smallest absolute Gasteiger partial charge is 0.246 e. The highest BCUT2D eigenvalue weighted by molar-refractivity contribution is 8.00. The predicted molar refractivity (Wildman–Crippen MR) is 114 cm³/mol. The Morgan fingerprint density at radius 3 is 2.52 bits per heavy atom. The summed E-state index contributed by atoms with van der Waals surface area (Å²) in [5, 5.41) is 4.48. The summed E-state index contributed by atoms with van der Waals surface area (Å²) in [5.41, 5.74) is 0.819. The number of rotatable bonds is 8. The van der Waals surface area contributed by atoms with Crippen LogP contribution in [-0.4, -0.2) is 40.4 Å². The van der Waals surface area contributed by atoms with Crippen LogP contribution in [0.5, 0.6) is 5.75 Å². The van der Waals surface area contributed by atoms with Crippen molar-refractivity contribution in [2.75, 3.05) is 14.2 Å². The molecule has 0 fully saturated rings. The molecule has 0 radical (unpaired) electrons. The zero-order valence-electron chi connectivity index (χ0n) is 16.5. The van der Waals surface area contributed by atoms with Gasteiger partial charge < -0.3 is 14.2 Å².